The number of ether oxygens (including phenoxy) is 1. The van der Waals surface area contributed by atoms with Crippen LogP contribution in [0.15, 0.2) is 0 Å². The molecule has 0 aromatic rings. The van der Waals surface area contributed by atoms with Gasteiger partial charge in [0.25, 0.3) is 0 Å². The number of carboxylic acid groups (broad SMARTS) is 1. The molecule has 0 saturated carbocycles. The van der Waals surface area contributed by atoms with Crippen LogP contribution < -0.4 is 5.32 Å². The topological polar surface area (TPSA) is 61.8 Å². The van der Waals surface area contributed by atoms with Crippen molar-refractivity contribution in [2.75, 3.05) is 26.7 Å². The van der Waals surface area contributed by atoms with Gasteiger partial charge >= 0.3 is 5.97 Å². The molecule has 0 spiro atoms. The Hall–Kier alpha value is -0.650. The summed E-state index contributed by atoms with van der Waals surface area (Å²) in [6.07, 6.45) is 4.41. The minimum Gasteiger partial charge on any atom is -0.480 e. The molecule has 1 fully saturated rings. The van der Waals surface area contributed by atoms with Gasteiger partial charge in [0.15, 0.2) is 0 Å². The lowest BCUT2D eigenvalue weighted by Crippen LogP contribution is -2.54. The predicted octanol–water partition coefficient (Wildman–Crippen LogP) is 1.72. The summed E-state index contributed by atoms with van der Waals surface area (Å²) < 4.78 is 5.72. The molecule has 0 aromatic carbocycles. The number of nitrogens with zero attached hydrogens (tertiary/aromatic N) is 1. The highest BCUT2D eigenvalue weighted by molar-refractivity contribution is 5.78. The minimum atomic E-state index is -0.865. The van der Waals surface area contributed by atoms with Crippen LogP contribution in [0.2, 0.25) is 0 Å². The van der Waals surface area contributed by atoms with Crippen LogP contribution in [0.3, 0.4) is 0 Å². The Bertz CT molecular complexity index is 303. The number of aliphatic carboxylic acids is 1. The van der Waals surface area contributed by atoms with Gasteiger partial charge in [-0.3, -0.25) is 10.1 Å². The Morgan fingerprint density at radius 2 is 2.20 bits per heavy atom. The number of hydrogen-bond donors (Lipinski definition) is 2. The molecular formula is C15H30N2O3. The Balaban J connectivity index is 2.39. The Kier molecular flexibility index (Phi) is 6.92. The third-order valence-electron chi connectivity index (χ3n) is 3.86. The van der Waals surface area contributed by atoms with Gasteiger partial charge in [0.05, 0.1) is 6.10 Å². The molecule has 0 radical (unpaired) electrons. The number of likely N-dealkylation sites (N-methyl/N-ethyl adjacent to an activating group) is 1. The minimum absolute atomic E-state index is 0.156. The van der Waals surface area contributed by atoms with E-state index in [1.807, 2.05) is 20.9 Å². The van der Waals surface area contributed by atoms with Gasteiger partial charge in [-0.25, -0.2) is 0 Å². The van der Waals surface area contributed by atoms with Crippen LogP contribution in [0, 0.1) is 0 Å². The molecule has 2 unspecified atom stereocenters. The maximum atomic E-state index is 11.5. The second-order valence-corrected chi connectivity index (χ2v) is 6.44. The van der Waals surface area contributed by atoms with Crippen molar-refractivity contribution in [2.45, 2.75) is 64.1 Å². The van der Waals surface area contributed by atoms with Crippen LogP contribution in [0.4, 0.5) is 0 Å². The molecule has 0 aliphatic carbocycles. The largest absolute Gasteiger partial charge is 0.480 e. The number of nitrogens with one attached hydrogen (secondary N) is 1. The number of carbonyl (C=O) groups is 1. The molecule has 1 saturated heterocycles. The molecule has 1 aliphatic heterocycles. The average molecular weight is 286 g/mol. The fraction of sp³-hybridized carbons (Fsp3) is 0.933. The summed E-state index contributed by atoms with van der Waals surface area (Å²) in [7, 11) is 2.04. The summed E-state index contributed by atoms with van der Waals surface area (Å²) in [6.45, 7) is 8.21. The number of carboxylic acids is 1. The molecular weight excluding hydrogens is 256 g/mol. The van der Waals surface area contributed by atoms with Gasteiger partial charge in [0.2, 0.25) is 0 Å². The maximum absolute atomic E-state index is 11.5. The van der Waals surface area contributed by atoms with E-state index in [4.69, 9.17) is 4.74 Å². The van der Waals surface area contributed by atoms with E-state index in [9.17, 15) is 9.90 Å². The molecule has 0 bridgehead atoms. The third-order valence-corrected chi connectivity index (χ3v) is 3.86. The van der Waals surface area contributed by atoms with Crippen molar-refractivity contribution in [3.05, 3.63) is 0 Å². The molecule has 118 valence electrons. The van der Waals surface area contributed by atoms with E-state index >= 15 is 0 Å². The van der Waals surface area contributed by atoms with Crippen molar-refractivity contribution < 1.29 is 14.6 Å². The Morgan fingerprint density at radius 3 is 2.70 bits per heavy atom. The van der Waals surface area contributed by atoms with E-state index < -0.39 is 11.5 Å². The van der Waals surface area contributed by atoms with E-state index in [1.54, 1.807) is 6.92 Å². The SMILES string of the molecule is CC(C)NC(C)(CCN(C)CC1CCCCO1)C(=O)O. The molecule has 1 rings (SSSR count). The van der Waals surface area contributed by atoms with Gasteiger partial charge in [-0.2, -0.15) is 0 Å². The van der Waals surface area contributed by atoms with E-state index in [2.05, 4.69) is 10.2 Å². The molecule has 2 N–H and O–H groups in total. The summed E-state index contributed by atoms with van der Waals surface area (Å²) in [5.74, 6) is -0.784. The lowest BCUT2D eigenvalue weighted by Gasteiger charge is -2.32. The van der Waals surface area contributed by atoms with Crippen molar-refractivity contribution in [2.24, 2.45) is 0 Å². The molecule has 1 aliphatic rings. The normalized spacial score (nSPS) is 23.0. The molecule has 5 heteroatoms. The van der Waals surface area contributed by atoms with Crippen LogP contribution in [0.1, 0.15) is 46.5 Å². The second kappa shape index (κ2) is 7.96. The third kappa shape index (κ3) is 5.77. The van der Waals surface area contributed by atoms with Gasteiger partial charge < -0.3 is 14.7 Å². The Labute approximate surface area is 122 Å². The number of rotatable bonds is 8. The highest BCUT2D eigenvalue weighted by Crippen LogP contribution is 2.15. The van der Waals surface area contributed by atoms with Crippen LogP contribution in [0.5, 0.6) is 0 Å². The fourth-order valence-electron chi connectivity index (χ4n) is 2.68. The summed E-state index contributed by atoms with van der Waals surface area (Å²) in [6, 6.07) is 0.156. The zero-order chi connectivity index (χ0) is 15.2. The van der Waals surface area contributed by atoms with Crippen LogP contribution in [-0.2, 0) is 9.53 Å². The molecule has 0 aromatic heterocycles. The van der Waals surface area contributed by atoms with Gasteiger partial charge in [0, 0.05) is 25.7 Å². The quantitative estimate of drug-likeness (QED) is 0.711. The monoisotopic (exact) mass is 286 g/mol. The van der Waals surface area contributed by atoms with Crippen molar-refractivity contribution >= 4 is 5.97 Å². The first-order valence-electron chi connectivity index (χ1n) is 7.65. The first-order valence-corrected chi connectivity index (χ1v) is 7.65. The molecule has 5 nitrogen and oxygen atoms in total. The van der Waals surface area contributed by atoms with Crippen molar-refractivity contribution in [3.8, 4) is 0 Å². The van der Waals surface area contributed by atoms with Crippen LogP contribution >= 0.6 is 0 Å². The molecule has 0 amide bonds. The Morgan fingerprint density at radius 1 is 1.50 bits per heavy atom. The summed E-state index contributed by atoms with van der Waals surface area (Å²) in [5.41, 5.74) is -0.865. The first-order chi connectivity index (χ1) is 9.33. The van der Waals surface area contributed by atoms with Gasteiger partial charge in [-0.15, -0.1) is 0 Å². The van der Waals surface area contributed by atoms with Crippen molar-refractivity contribution in [1.29, 1.82) is 0 Å². The number of hydrogen-bond acceptors (Lipinski definition) is 4. The highest BCUT2D eigenvalue weighted by atomic mass is 16.5. The standard InChI is InChI=1S/C15H30N2O3/c1-12(2)16-15(3,14(18)19)8-9-17(4)11-13-7-5-6-10-20-13/h12-13,16H,5-11H2,1-4H3,(H,18,19). The van der Waals surface area contributed by atoms with E-state index in [0.29, 0.717) is 12.5 Å². The van der Waals surface area contributed by atoms with E-state index in [1.165, 1.54) is 6.42 Å². The van der Waals surface area contributed by atoms with Crippen molar-refractivity contribution in [1.82, 2.24) is 10.2 Å². The molecule has 20 heavy (non-hydrogen) atoms. The average Bonchev–Trinajstić information content (AvgIpc) is 2.36. The predicted molar refractivity (Wildman–Crippen MR) is 80.0 cm³/mol. The van der Waals surface area contributed by atoms with Gasteiger partial charge in [-0.05, 0) is 53.5 Å². The fourth-order valence-corrected chi connectivity index (χ4v) is 2.68. The van der Waals surface area contributed by atoms with E-state index in [-0.39, 0.29) is 6.04 Å². The lowest BCUT2D eigenvalue weighted by molar-refractivity contribution is -0.145. The molecule has 1 heterocycles. The highest BCUT2D eigenvalue weighted by Gasteiger charge is 2.33. The van der Waals surface area contributed by atoms with Crippen LogP contribution in [0.25, 0.3) is 0 Å². The zero-order valence-corrected chi connectivity index (χ0v) is 13.3. The van der Waals surface area contributed by atoms with Crippen molar-refractivity contribution in [3.63, 3.8) is 0 Å². The van der Waals surface area contributed by atoms with Gasteiger partial charge in [-0.1, -0.05) is 0 Å². The smallest absolute Gasteiger partial charge is 0.323 e. The maximum Gasteiger partial charge on any atom is 0.323 e. The summed E-state index contributed by atoms with van der Waals surface area (Å²) in [5, 5.41) is 12.6. The van der Waals surface area contributed by atoms with Crippen LogP contribution in [-0.4, -0.2) is 60.4 Å². The lowest BCUT2D eigenvalue weighted by atomic mass is 9.96. The second-order valence-electron chi connectivity index (χ2n) is 6.44. The first kappa shape index (κ1) is 17.4. The van der Waals surface area contributed by atoms with Gasteiger partial charge in [0.1, 0.15) is 5.54 Å². The summed E-state index contributed by atoms with van der Waals surface area (Å²) >= 11 is 0. The zero-order valence-electron chi connectivity index (χ0n) is 13.3. The summed E-state index contributed by atoms with van der Waals surface area (Å²) in [4.78, 5) is 13.6. The molecule has 2 atom stereocenters. The van der Waals surface area contributed by atoms with E-state index in [0.717, 1.165) is 32.5 Å².